The molecule has 0 unspecified atom stereocenters. The summed E-state index contributed by atoms with van der Waals surface area (Å²) in [5, 5.41) is 3.91. The molecule has 0 aliphatic carbocycles. The van der Waals surface area contributed by atoms with Crippen molar-refractivity contribution in [2.24, 2.45) is 0 Å². The first-order valence-corrected chi connectivity index (χ1v) is 6.17. The van der Waals surface area contributed by atoms with Gasteiger partial charge in [-0.15, -0.1) is 0 Å². The summed E-state index contributed by atoms with van der Waals surface area (Å²) in [6.45, 7) is 0. The first-order valence-electron chi connectivity index (χ1n) is 6.17. The molecule has 2 aromatic carbocycles. The van der Waals surface area contributed by atoms with Crippen LogP contribution in [0.25, 0.3) is 11.3 Å². The highest BCUT2D eigenvalue weighted by Crippen LogP contribution is 2.28. The van der Waals surface area contributed by atoms with Crippen molar-refractivity contribution in [1.82, 2.24) is 5.16 Å². The summed E-state index contributed by atoms with van der Waals surface area (Å²) in [6.07, 6.45) is 0. The Hall–Kier alpha value is -2.88. The molecule has 3 rings (SSSR count). The lowest BCUT2D eigenvalue weighted by atomic mass is 10.1. The number of nitrogens with two attached hydrogens (primary N) is 1. The molecular weight excluding hydrogens is 252 g/mol. The van der Waals surface area contributed by atoms with E-state index >= 15 is 0 Å². The van der Waals surface area contributed by atoms with E-state index in [4.69, 9.17) is 10.3 Å². The maximum absolute atomic E-state index is 12.3. The molecule has 1 heterocycles. The fraction of sp³-hybridized carbons (Fsp3) is 0. The van der Waals surface area contributed by atoms with Crippen LogP contribution in [-0.4, -0.2) is 10.9 Å². The number of nitrogen functional groups attached to an aromatic ring is 1. The van der Waals surface area contributed by atoms with Crippen LogP contribution in [0.15, 0.2) is 65.2 Å². The summed E-state index contributed by atoms with van der Waals surface area (Å²) < 4.78 is 5.14. The molecular formula is C16H12N2O2. The number of carbonyl (C=O) groups excluding carboxylic acids is 1. The summed E-state index contributed by atoms with van der Waals surface area (Å²) in [7, 11) is 0. The van der Waals surface area contributed by atoms with Gasteiger partial charge < -0.3 is 10.3 Å². The zero-order chi connectivity index (χ0) is 13.9. The average Bonchev–Trinajstić information content (AvgIpc) is 2.90. The third-order valence-electron chi connectivity index (χ3n) is 3.02. The molecule has 0 radical (unpaired) electrons. The zero-order valence-corrected chi connectivity index (χ0v) is 10.6. The molecule has 0 saturated carbocycles. The quantitative estimate of drug-likeness (QED) is 0.738. The van der Waals surface area contributed by atoms with Crippen molar-refractivity contribution in [3.8, 4) is 11.3 Å². The average molecular weight is 264 g/mol. The SMILES string of the molecule is Nc1c(-c2ccccc2)noc1C(=O)c1ccccc1. The number of carbonyl (C=O) groups is 1. The number of aromatic nitrogens is 1. The van der Waals surface area contributed by atoms with Gasteiger partial charge in [0, 0.05) is 11.1 Å². The van der Waals surface area contributed by atoms with Gasteiger partial charge in [-0.3, -0.25) is 4.79 Å². The highest BCUT2D eigenvalue weighted by molar-refractivity contribution is 6.11. The van der Waals surface area contributed by atoms with Gasteiger partial charge in [0.25, 0.3) is 0 Å². The number of rotatable bonds is 3. The van der Waals surface area contributed by atoms with Crippen molar-refractivity contribution in [1.29, 1.82) is 0 Å². The minimum atomic E-state index is -0.266. The Labute approximate surface area is 115 Å². The van der Waals surface area contributed by atoms with Crippen molar-refractivity contribution >= 4 is 11.5 Å². The van der Waals surface area contributed by atoms with Crippen LogP contribution in [0, 0.1) is 0 Å². The number of benzene rings is 2. The number of ketones is 1. The summed E-state index contributed by atoms with van der Waals surface area (Å²) in [4.78, 5) is 12.3. The van der Waals surface area contributed by atoms with Gasteiger partial charge in [-0.2, -0.15) is 0 Å². The van der Waals surface area contributed by atoms with E-state index < -0.39 is 0 Å². The Morgan fingerprint density at radius 1 is 0.950 bits per heavy atom. The highest BCUT2D eigenvalue weighted by atomic mass is 16.5. The van der Waals surface area contributed by atoms with Crippen LogP contribution >= 0.6 is 0 Å². The van der Waals surface area contributed by atoms with E-state index in [1.165, 1.54) is 0 Å². The summed E-state index contributed by atoms with van der Waals surface area (Å²) >= 11 is 0. The molecule has 0 aliphatic rings. The summed E-state index contributed by atoms with van der Waals surface area (Å²) in [5.74, 6) is -0.187. The molecule has 0 amide bonds. The van der Waals surface area contributed by atoms with Crippen LogP contribution in [0.4, 0.5) is 5.69 Å². The molecule has 0 aliphatic heterocycles. The molecule has 3 aromatic rings. The van der Waals surface area contributed by atoms with Gasteiger partial charge in [0.15, 0.2) is 0 Å². The minimum absolute atomic E-state index is 0.0788. The third-order valence-corrected chi connectivity index (χ3v) is 3.02. The Morgan fingerprint density at radius 3 is 2.20 bits per heavy atom. The van der Waals surface area contributed by atoms with Gasteiger partial charge in [0.05, 0.1) is 0 Å². The first-order chi connectivity index (χ1) is 9.77. The normalized spacial score (nSPS) is 10.4. The van der Waals surface area contributed by atoms with Crippen LogP contribution in [0.2, 0.25) is 0 Å². The van der Waals surface area contributed by atoms with Crippen LogP contribution < -0.4 is 5.73 Å². The molecule has 4 heteroatoms. The fourth-order valence-corrected chi connectivity index (χ4v) is 1.99. The van der Waals surface area contributed by atoms with E-state index in [2.05, 4.69) is 5.16 Å². The lowest BCUT2D eigenvalue weighted by Crippen LogP contribution is -2.03. The van der Waals surface area contributed by atoms with Gasteiger partial charge >= 0.3 is 0 Å². The second-order valence-electron chi connectivity index (χ2n) is 4.34. The number of hydrogen-bond donors (Lipinski definition) is 1. The second kappa shape index (κ2) is 5.01. The lowest BCUT2D eigenvalue weighted by Gasteiger charge is -1.98. The van der Waals surface area contributed by atoms with Crippen LogP contribution in [0.3, 0.4) is 0 Å². The predicted octanol–water partition coefficient (Wildman–Crippen LogP) is 3.15. The Morgan fingerprint density at radius 2 is 1.55 bits per heavy atom. The maximum atomic E-state index is 12.3. The Kier molecular flexibility index (Phi) is 3.05. The Balaban J connectivity index is 2.01. The summed E-state index contributed by atoms with van der Waals surface area (Å²) in [6, 6.07) is 18.2. The predicted molar refractivity (Wildman–Crippen MR) is 76.2 cm³/mol. The number of anilines is 1. The van der Waals surface area contributed by atoms with E-state index in [0.29, 0.717) is 11.3 Å². The first kappa shape index (κ1) is 12.2. The van der Waals surface area contributed by atoms with E-state index in [1.54, 1.807) is 24.3 Å². The van der Waals surface area contributed by atoms with Crippen molar-refractivity contribution in [2.75, 3.05) is 5.73 Å². The van der Waals surface area contributed by atoms with E-state index in [-0.39, 0.29) is 17.2 Å². The third kappa shape index (κ3) is 2.07. The molecule has 0 bridgehead atoms. The van der Waals surface area contributed by atoms with Gasteiger partial charge in [0.1, 0.15) is 11.4 Å². The topological polar surface area (TPSA) is 69.1 Å². The second-order valence-corrected chi connectivity index (χ2v) is 4.34. The standard InChI is InChI=1S/C16H12N2O2/c17-13-14(11-7-3-1-4-8-11)18-20-16(13)15(19)12-9-5-2-6-10-12/h1-10H,17H2. The van der Waals surface area contributed by atoms with Crippen LogP contribution in [-0.2, 0) is 0 Å². The monoisotopic (exact) mass is 264 g/mol. The molecule has 98 valence electrons. The van der Waals surface area contributed by atoms with E-state index in [1.807, 2.05) is 36.4 Å². The van der Waals surface area contributed by atoms with Crippen LogP contribution in [0.1, 0.15) is 16.1 Å². The van der Waals surface area contributed by atoms with Crippen molar-refractivity contribution in [3.63, 3.8) is 0 Å². The van der Waals surface area contributed by atoms with Gasteiger partial charge in [-0.1, -0.05) is 65.8 Å². The minimum Gasteiger partial charge on any atom is -0.394 e. The van der Waals surface area contributed by atoms with Gasteiger partial charge in [-0.05, 0) is 0 Å². The molecule has 0 atom stereocenters. The smallest absolute Gasteiger partial charge is 0.233 e. The maximum Gasteiger partial charge on any atom is 0.233 e. The van der Waals surface area contributed by atoms with Crippen molar-refractivity contribution in [2.45, 2.75) is 0 Å². The molecule has 2 N–H and O–H groups in total. The molecule has 0 spiro atoms. The van der Waals surface area contributed by atoms with Gasteiger partial charge in [0.2, 0.25) is 11.5 Å². The largest absolute Gasteiger partial charge is 0.394 e. The van der Waals surface area contributed by atoms with E-state index in [0.717, 1.165) is 5.56 Å². The molecule has 1 aromatic heterocycles. The zero-order valence-electron chi connectivity index (χ0n) is 10.6. The van der Waals surface area contributed by atoms with Crippen molar-refractivity contribution in [3.05, 3.63) is 72.0 Å². The molecule has 0 fully saturated rings. The van der Waals surface area contributed by atoms with Crippen molar-refractivity contribution < 1.29 is 9.32 Å². The van der Waals surface area contributed by atoms with E-state index in [9.17, 15) is 4.79 Å². The number of hydrogen-bond acceptors (Lipinski definition) is 4. The van der Waals surface area contributed by atoms with Crippen LogP contribution in [0.5, 0.6) is 0 Å². The lowest BCUT2D eigenvalue weighted by molar-refractivity contribution is 0.100. The summed E-state index contributed by atoms with van der Waals surface area (Å²) in [5.41, 5.74) is 8.10. The molecule has 20 heavy (non-hydrogen) atoms. The molecule has 0 saturated heterocycles. The molecule has 4 nitrogen and oxygen atoms in total. The fourth-order valence-electron chi connectivity index (χ4n) is 1.99. The Bertz CT molecular complexity index is 734. The number of nitrogens with zero attached hydrogens (tertiary/aromatic N) is 1. The van der Waals surface area contributed by atoms with Gasteiger partial charge in [-0.25, -0.2) is 0 Å². The highest BCUT2D eigenvalue weighted by Gasteiger charge is 2.21.